The second-order valence-corrected chi connectivity index (χ2v) is 5.96. The highest BCUT2D eigenvalue weighted by molar-refractivity contribution is 6.30. The first-order valence-corrected chi connectivity index (χ1v) is 8.24. The van der Waals surface area contributed by atoms with Crippen molar-refractivity contribution >= 4 is 23.5 Å². The van der Waals surface area contributed by atoms with Crippen LogP contribution in [0.2, 0.25) is 5.02 Å². The van der Waals surface area contributed by atoms with E-state index in [1.807, 2.05) is 18.2 Å². The fraction of sp³-hybridized carbons (Fsp3) is 0.353. The standard InChI is InChI=1S/C17H19ClN4O2/c18-14-3-1-13(2-4-14)11-16(23)20-12-15-5-6-19-17(21-15)22-7-9-24-10-8-22/h1-6H,7-12H2,(H,20,23). The largest absolute Gasteiger partial charge is 0.378 e. The van der Waals surface area contributed by atoms with Crippen LogP contribution in [0.1, 0.15) is 11.3 Å². The molecule has 0 saturated carbocycles. The quantitative estimate of drug-likeness (QED) is 0.894. The normalized spacial score (nSPS) is 14.5. The van der Waals surface area contributed by atoms with Gasteiger partial charge in [-0.1, -0.05) is 23.7 Å². The Bertz CT molecular complexity index is 687. The fourth-order valence-corrected chi connectivity index (χ4v) is 2.56. The number of carbonyl (C=O) groups excluding carboxylic acids is 1. The molecule has 1 aromatic heterocycles. The molecule has 0 bridgehead atoms. The summed E-state index contributed by atoms with van der Waals surface area (Å²) in [4.78, 5) is 22.9. The topological polar surface area (TPSA) is 67.4 Å². The van der Waals surface area contributed by atoms with Crippen LogP contribution in [-0.2, 0) is 22.5 Å². The van der Waals surface area contributed by atoms with Crippen molar-refractivity contribution in [2.45, 2.75) is 13.0 Å². The molecule has 0 radical (unpaired) electrons. The maximum absolute atomic E-state index is 12.0. The van der Waals surface area contributed by atoms with Gasteiger partial charge in [0.1, 0.15) is 0 Å². The maximum atomic E-state index is 12.0. The third-order valence-electron chi connectivity index (χ3n) is 3.74. The highest BCUT2D eigenvalue weighted by atomic mass is 35.5. The Morgan fingerprint density at radius 3 is 2.71 bits per heavy atom. The number of ether oxygens (including phenoxy) is 1. The number of nitrogens with one attached hydrogen (secondary N) is 1. The van der Waals surface area contributed by atoms with E-state index < -0.39 is 0 Å². The van der Waals surface area contributed by atoms with Gasteiger partial charge in [0.2, 0.25) is 11.9 Å². The lowest BCUT2D eigenvalue weighted by molar-refractivity contribution is -0.120. The molecule has 1 fully saturated rings. The monoisotopic (exact) mass is 346 g/mol. The minimum absolute atomic E-state index is 0.0520. The van der Waals surface area contributed by atoms with Gasteiger partial charge in [-0.25, -0.2) is 9.97 Å². The Balaban J connectivity index is 1.54. The SMILES string of the molecule is O=C(Cc1ccc(Cl)cc1)NCc1ccnc(N2CCOCC2)n1. The van der Waals surface area contributed by atoms with E-state index in [9.17, 15) is 4.79 Å². The average molecular weight is 347 g/mol. The molecule has 1 aromatic carbocycles. The molecule has 1 N–H and O–H groups in total. The number of rotatable bonds is 5. The van der Waals surface area contributed by atoms with Crippen molar-refractivity contribution in [2.24, 2.45) is 0 Å². The van der Waals surface area contributed by atoms with Gasteiger partial charge >= 0.3 is 0 Å². The third kappa shape index (κ3) is 4.66. The smallest absolute Gasteiger partial charge is 0.225 e. The zero-order chi connectivity index (χ0) is 16.8. The van der Waals surface area contributed by atoms with E-state index in [2.05, 4.69) is 20.2 Å². The average Bonchev–Trinajstić information content (AvgIpc) is 2.63. The van der Waals surface area contributed by atoms with Gasteiger partial charge in [-0.15, -0.1) is 0 Å². The van der Waals surface area contributed by atoms with Crippen molar-refractivity contribution < 1.29 is 9.53 Å². The molecule has 24 heavy (non-hydrogen) atoms. The van der Waals surface area contributed by atoms with Crippen LogP contribution in [0.3, 0.4) is 0 Å². The zero-order valence-electron chi connectivity index (χ0n) is 13.2. The Morgan fingerprint density at radius 2 is 1.96 bits per heavy atom. The van der Waals surface area contributed by atoms with Gasteiger partial charge in [-0.2, -0.15) is 0 Å². The number of anilines is 1. The molecule has 1 amide bonds. The number of benzene rings is 1. The Hall–Kier alpha value is -2.18. The molecule has 1 aliphatic heterocycles. The van der Waals surface area contributed by atoms with Crippen LogP contribution in [0, 0.1) is 0 Å². The summed E-state index contributed by atoms with van der Waals surface area (Å²) >= 11 is 5.84. The lowest BCUT2D eigenvalue weighted by Gasteiger charge is -2.26. The molecule has 1 aliphatic rings. The van der Waals surface area contributed by atoms with E-state index in [-0.39, 0.29) is 5.91 Å². The molecule has 7 heteroatoms. The summed E-state index contributed by atoms with van der Waals surface area (Å²) < 4.78 is 5.33. The first-order chi connectivity index (χ1) is 11.7. The summed E-state index contributed by atoms with van der Waals surface area (Å²) in [5, 5.41) is 3.55. The van der Waals surface area contributed by atoms with Crippen molar-refractivity contribution in [2.75, 3.05) is 31.2 Å². The molecular formula is C17H19ClN4O2. The van der Waals surface area contributed by atoms with Crippen LogP contribution in [0.15, 0.2) is 36.5 Å². The van der Waals surface area contributed by atoms with Crippen molar-refractivity contribution in [3.8, 4) is 0 Å². The first-order valence-electron chi connectivity index (χ1n) is 7.86. The van der Waals surface area contributed by atoms with E-state index >= 15 is 0 Å². The predicted octanol–water partition coefficient (Wildman–Crippen LogP) is 1.83. The fourth-order valence-electron chi connectivity index (χ4n) is 2.44. The summed E-state index contributed by atoms with van der Waals surface area (Å²) in [5.41, 5.74) is 1.71. The van der Waals surface area contributed by atoms with Gasteiger partial charge < -0.3 is 15.0 Å². The van der Waals surface area contributed by atoms with Gasteiger partial charge in [0, 0.05) is 24.3 Å². The Kier molecular flexibility index (Phi) is 5.61. The summed E-state index contributed by atoms with van der Waals surface area (Å²) in [6.07, 6.45) is 2.04. The summed E-state index contributed by atoms with van der Waals surface area (Å²) in [7, 11) is 0. The highest BCUT2D eigenvalue weighted by Crippen LogP contribution is 2.11. The zero-order valence-corrected chi connectivity index (χ0v) is 14.0. The van der Waals surface area contributed by atoms with E-state index in [0.29, 0.717) is 37.2 Å². The number of hydrogen-bond donors (Lipinski definition) is 1. The minimum Gasteiger partial charge on any atom is -0.378 e. The van der Waals surface area contributed by atoms with Crippen LogP contribution < -0.4 is 10.2 Å². The van der Waals surface area contributed by atoms with Gasteiger partial charge in [0.15, 0.2) is 0 Å². The minimum atomic E-state index is -0.0520. The summed E-state index contributed by atoms with van der Waals surface area (Å²) in [6.45, 7) is 3.32. The molecular weight excluding hydrogens is 328 g/mol. The van der Waals surface area contributed by atoms with Gasteiger partial charge in [-0.05, 0) is 23.8 Å². The van der Waals surface area contributed by atoms with Crippen molar-refractivity contribution in [3.63, 3.8) is 0 Å². The van der Waals surface area contributed by atoms with E-state index in [4.69, 9.17) is 16.3 Å². The lowest BCUT2D eigenvalue weighted by atomic mass is 10.1. The Morgan fingerprint density at radius 1 is 1.21 bits per heavy atom. The Labute approximate surface area is 145 Å². The predicted molar refractivity (Wildman–Crippen MR) is 92.1 cm³/mol. The van der Waals surface area contributed by atoms with E-state index in [1.165, 1.54) is 0 Å². The van der Waals surface area contributed by atoms with Crippen LogP contribution in [0.25, 0.3) is 0 Å². The molecule has 1 saturated heterocycles. The number of halogens is 1. The first kappa shape index (κ1) is 16.7. The molecule has 0 unspecified atom stereocenters. The van der Waals surface area contributed by atoms with Gasteiger partial charge in [0.05, 0.1) is 31.9 Å². The summed E-state index contributed by atoms with van der Waals surface area (Å²) in [5.74, 6) is 0.631. The second-order valence-electron chi connectivity index (χ2n) is 5.53. The molecule has 126 valence electrons. The maximum Gasteiger partial charge on any atom is 0.225 e. The van der Waals surface area contributed by atoms with E-state index in [1.54, 1.807) is 18.3 Å². The van der Waals surface area contributed by atoms with Crippen LogP contribution >= 0.6 is 11.6 Å². The molecule has 2 aromatic rings. The number of amides is 1. The number of aromatic nitrogens is 2. The number of nitrogens with zero attached hydrogens (tertiary/aromatic N) is 3. The van der Waals surface area contributed by atoms with Crippen LogP contribution in [-0.4, -0.2) is 42.2 Å². The van der Waals surface area contributed by atoms with Gasteiger partial charge in [-0.3, -0.25) is 4.79 Å². The van der Waals surface area contributed by atoms with Gasteiger partial charge in [0.25, 0.3) is 0 Å². The summed E-state index contributed by atoms with van der Waals surface area (Å²) in [6, 6.07) is 9.07. The number of morpholine rings is 1. The molecule has 0 atom stereocenters. The number of carbonyl (C=O) groups is 1. The molecule has 3 rings (SSSR count). The second kappa shape index (κ2) is 8.08. The molecule has 0 spiro atoms. The van der Waals surface area contributed by atoms with E-state index in [0.717, 1.165) is 24.3 Å². The van der Waals surface area contributed by atoms with Crippen molar-refractivity contribution in [1.82, 2.24) is 15.3 Å². The molecule has 2 heterocycles. The highest BCUT2D eigenvalue weighted by Gasteiger charge is 2.14. The third-order valence-corrected chi connectivity index (χ3v) is 3.99. The molecule has 0 aliphatic carbocycles. The van der Waals surface area contributed by atoms with Crippen LogP contribution in [0.4, 0.5) is 5.95 Å². The van der Waals surface area contributed by atoms with Crippen molar-refractivity contribution in [3.05, 3.63) is 52.8 Å². The van der Waals surface area contributed by atoms with Crippen LogP contribution in [0.5, 0.6) is 0 Å². The lowest BCUT2D eigenvalue weighted by Crippen LogP contribution is -2.37. The number of hydrogen-bond acceptors (Lipinski definition) is 5. The molecule has 6 nitrogen and oxygen atoms in total. The van der Waals surface area contributed by atoms with Crippen molar-refractivity contribution in [1.29, 1.82) is 0 Å².